The fourth-order valence-corrected chi connectivity index (χ4v) is 1.89. The lowest BCUT2D eigenvalue weighted by Gasteiger charge is -2.14. The molecule has 0 aromatic carbocycles. The molecule has 1 aliphatic carbocycles. The summed E-state index contributed by atoms with van der Waals surface area (Å²) in [7, 11) is 3.06. The number of carbonyl (C=O) groups excluding carboxylic acids is 1. The van der Waals surface area contributed by atoms with Crippen molar-refractivity contribution in [3.63, 3.8) is 0 Å². The van der Waals surface area contributed by atoms with E-state index in [-0.39, 0.29) is 5.91 Å². The number of nitrogens with one attached hydrogen (secondary N) is 1. The maximum absolute atomic E-state index is 11.8. The molecule has 1 heterocycles. The van der Waals surface area contributed by atoms with Gasteiger partial charge in [0.05, 0.1) is 7.11 Å². The SMILES string of the molecule is CON(C)C(=O)c1n[nH]c2c1CCCC2. The minimum Gasteiger partial charge on any atom is -0.281 e. The first-order valence-corrected chi connectivity index (χ1v) is 5.12. The van der Waals surface area contributed by atoms with E-state index in [2.05, 4.69) is 10.2 Å². The largest absolute Gasteiger partial charge is 0.297 e. The fourth-order valence-electron chi connectivity index (χ4n) is 1.89. The second-order valence-corrected chi connectivity index (χ2v) is 3.72. The minimum atomic E-state index is -0.183. The summed E-state index contributed by atoms with van der Waals surface area (Å²) < 4.78 is 0. The summed E-state index contributed by atoms with van der Waals surface area (Å²) in [4.78, 5) is 16.7. The molecule has 0 radical (unpaired) electrons. The first-order valence-electron chi connectivity index (χ1n) is 5.12. The van der Waals surface area contributed by atoms with Gasteiger partial charge in [0.15, 0.2) is 5.69 Å². The third-order valence-corrected chi connectivity index (χ3v) is 2.82. The van der Waals surface area contributed by atoms with Gasteiger partial charge >= 0.3 is 0 Å². The molecule has 15 heavy (non-hydrogen) atoms. The quantitative estimate of drug-likeness (QED) is 0.737. The van der Waals surface area contributed by atoms with Gasteiger partial charge in [-0.25, -0.2) is 5.06 Å². The number of amides is 1. The fraction of sp³-hybridized carbons (Fsp3) is 0.600. The average Bonchev–Trinajstić information content (AvgIpc) is 2.70. The Kier molecular flexibility index (Phi) is 2.73. The monoisotopic (exact) mass is 209 g/mol. The van der Waals surface area contributed by atoms with Crippen molar-refractivity contribution in [2.45, 2.75) is 25.7 Å². The highest BCUT2D eigenvalue weighted by atomic mass is 16.7. The zero-order chi connectivity index (χ0) is 10.8. The molecule has 0 spiro atoms. The van der Waals surface area contributed by atoms with Gasteiger partial charge in [-0.3, -0.25) is 14.7 Å². The predicted octanol–water partition coefficient (Wildman–Crippen LogP) is 0.922. The van der Waals surface area contributed by atoms with Gasteiger partial charge in [-0.1, -0.05) is 0 Å². The minimum absolute atomic E-state index is 0.183. The number of aryl methyl sites for hydroxylation is 1. The van der Waals surface area contributed by atoms with Gasteiger partial charge in [0, 0.05) is 18.3 Å². The van der Waals surface area contributed by atoms with Crippen molar-refractivity contribution in [1.82, 2.24) is 15.3 Å². The van der Waals surface area contributed by atoms with Crippen molar-refractivity contribution in [1.29, 1.82) is 0 Å². The van der Waals surface area contributed by atoms with Gasteiger partial charge in [-0.2, -0.15) is 5.10 Å². The van der Waals surface area contributed by atoms with Gasteiger partial charge < -0.3 is 0 Å². The molecule has 1 aromatic rings. The number of hydroxylamine groups is 2. The highest BCUT2D eigenvalue weighted by molar-refractivity contribution is 5.93. The Hall–Kier alpha value is -1.36. The molecule has 1 aromatic heterocycles. The molecule has 82 valence electrons. The van der Waals surface area contributed by atoms with Crippen molar-refractivity contribution in [3.8, 4) is 0 Å². The van der Waals surface area contributed by atoms with E-state index in [0.717, 1.165) is 30.5 Å². The van der Waals surface area contributed by atoms with Crippen molar-refractivity contribution in [2.75, 3.05) is 14.2 Å². The number of fused-ring (bicyclic) bond motifs is 1. The number of aromatic nitrogens is 2. The third-order valence-electron chi connectivity index (χ3n) is 2.82. The Labute approximate surface area is 88.4 Å². The van der Waals surface area contributed by atoms with Crippen LogP contribution in [0, 0.1) is 0 Å². The summed E-state index contributed by atoms with van der Waals surface area (Å²) in [6.07, 6.45) is 4.23. The first-order chi connectivity index (χ1) is 7.24. The maximum atomic E-state index is 11.8. The number of aromatic amines is 1. The van der Waals surface area contributed by atoms with Crippen LogP contribution in [0.4, 0.5) is 0 Å². The van der Waals surface area contributed by atoms with E-state index in [1.165, 1.54) is 18.6 Å². The van der Waals surface area contributed by atoms with Crippen LogP contribution in [0.3, 0.4) is 0 Å². The molecule has 0 atom stereocenters. The van der Waals surface area contributed by atoms with E-state index in [4.69, 9.17) is 4.84 Å². The van der Waals surface area contributed by atoms with E-state index in [1.54, 1.807) is 7.05 Å². The van der Waals surface area contributed by atoms with Crippen LogP contribution >= 0.6 is 0 Å². The lowest BCUT2D eigenvalue weighted by atomic mass is 9.96. The second kappa shape index (κ2) is 4.02. The van der Waals surface area contributed by atoms with Crippen LogP contribution in [0.2, 0.25) is 0 Å². The Bertz CT molecular complexity index is 373. The Balaban J connectivity index is 2.28. The average molecular weight is 209 g/mol. The summed E-state index contributed by atoms with van der Waals surface area (Å²) in [5, 5.41) is 8.20. The highest BCUT2D eigenvalue weighted by Crippen LogP contribution is 2.22. The smallest absolute Gasteiger partial charge is 0.281 e. The van der Waals surface area contributed by atoms with Crippen LogP contribution in [0.5, 0.6) is 0 Å². The third kappa shape index (κ3) is 1.74. The standard InChI is InChI=1S/C10H15N3O2/c1-13(15-2)10(14)9-7-5-3-4-6-8(7)11-12-9/h3-6H2,1-2H3,(H,11,12). The molecule has 0 bridgehead atoms. The van der Waals surface area contributed by atoms with Crippen LogP contribution < -0.4 is 0 Å². The molecule has 5 heteroatoms. The summed E-state index contributed by atoms with van der Waals surface area (Å²) >= 11 is 0. The Morgan fingerprint density at radius 1 is 1.47 bits per heavy atom. The molecule has 0 aliphatic heterocycles. The van der Waals surface area contributed by atoms with E-state index >= 15 is 0 Å². The molecule has 2 rings (SSSR count). The van der Waals surface area contributed by atoms with Gasteiger partial charge in [-0.05, 0) is 25.7 Å². The number of carbonyl (C=O) groups is 1. The number of hydrogen-bond donors (Lipinski definition) is 1. The molecule has 0 saturated carbocycles. The molecule has 5 nitrogen and oxygen atoms in total. The van der Waals surface area contributed by atoms with E-state index in [9.17, 15) is 4.79 Å². The van der Waals surface area contributed by atoms with Crippen LogP contribution in [0.1, 0.15) is 34.6 Å². The Morgan fingerprint density at radius 2 is 2.20 bits per heavy atom. The molecular weight excluding hydrogens is 194 g/mol. The van der Waals surface area contributed by atoms with Crippen LogP contribution in [-0.2, 0) is 17.7 Å². The number of H-pyrrole nitrogens is 1. The zero-order valence-corrected chi connectivity index (χ0v) is 9.04. The van der Waals surface area contributed by atoms with Gasteiger partial charge in [0.1, 0.15) is 0 Å². The maximum Gasteiger partial charge on any atom is 0.297 e. The normalized spacial score (nSPS) is 14.8. The molecule has 1 aliphatic rings. The molecular formula is C10H15N3O2. The van der Waals surface area contributed by atoms with Gasteiger partial charge in [-0.15, -0.1) is 0 Å². The van der Waals surface area contributed by atoms with Crippen molar-refractivity contribution in [3.05, 3.63) is 17.0 Å². The van der Waals surface area contributed by atoms with E-state index in [0.29, 0.717) is 5.69 Å². The topological polar surface area (TPSA) is 58.2 Å². The van der Waals surface area contributed by atoms with Crippen molar-refractivity contribution >= 4 is 5.91 Å². The predicted molar refractivity (Wildman–Crippen MR) is 54.3 cm³/mol. The number of hydrogen-bond acceptors (Lipinski definition) is 3. The van der Waals surface area contributed by atoms with Crippen LogP contribution in [0.15, 0.2) is 0 Å². The summed E-state index contributed by atoms with van der Waals surface area (Å²) in [5.74, 6) is -0.183. The molecule has 0 fully saturated rings. The van der Waals surface area contributed by atoms with Crippen molar-refractivity contribution < 1.29 is 9.63 Å². The summed E-state index contributed by atoms with van der Waals surface area (Å²) in [5.41, 5.74) is 2.68. The summed E-state index contributed by atoms with van der Waals surface area (Å²) in [6, 6.07) is 0. The van der Waals surface area contributed by atoms with E-state index in [1.807, 2.05) is 0 Å². The molecule has 0 saturated heterocycles. The van der Waals surface area contributed by atoms with Crippen molar-refractivity contribution in [2.24, 2.45) is 0 Å². The lowest BCUT2D eigenvalue weighted by molar-refractivity contribution is -0.0761. The molecule has 0 unspecified atom stereocenters. The lowest BCUT2D eigenvalue weighted by Crippen LogP contribution is -2.26. The molecule has 1 N–H and O–H groups in total. The second-order valence-electron chi connectivity index (χ2n) is 3.72. The first kappa shape index (κ1) is 10.2. The van der Waals surface area contributed by atoms with Crippen LogP contribution in [0.25, 0.3) is 0 Å². The zero-order valence-electron chi connectivity index (χ0n) is 9.04. The number of rotatable bonds is 2. The molecule has 1 amide bonds. The van der Waals surface area contributed by atoms with E-state index < -0.39 is 0 Å². The summed E-state index contributed by atoms with van der Waals surface area (Å²) in [6.45, 7) is 0. The van der Waals surface area contributed by atoms with Crippen LogP contribution in [-0.4, -0.2) is 35.3 Å². The number of nitrogens with zero attached hydrogens (tertiary/aromatic N) is 2. The highest BCUT2D eigenvalue weighted by Gasteiger charge is 2.23. The Morgan fingerprint density at radius 3 is 2.93 bits per heavy atom. The van der Waals surface area contributed by atoms with Gasteiger partial charge in [0.2, 0.25) is 0 Å². The van der Waals surface area contributed by atoms with Gasteiger partial charge in [0.25, 0.3) is 5.91 Å².